The van der Waals surface area contributed by atoms with Crippen LogP contribution < -0.4 is 10.9 Å². The van der Waals surface area contributed by atoms with Crippen molar-refractivity contribution in [3.05, 3.63) is 40.8 Å². The van der Waals surface area contributed by atoms with Gasteiger partial charge in [-0.1, -0.05) is 26.0 Å². The smallest absolute Gasteiger partial charge is 0.269 e. The molecule has 0 aliphatic rings. The molecule has 2 aromatic rings. The lowest BCUT2D eigenvalue weighted by Gasteiger charge is -2.15. The van der Waals surface area contributed by atoms with Crippen LogP contribution in [0.1, 0.15) is 20.3 Å². The molecule has 1 aromatic heterocycles. The first-order valence-electron chi connectivity index (χ1n) is 7.38. The van der Waals surface area contributed by atoms with Crippen molar-refractivity contribution in [3.8, 4) is 0 Å². The normalized spacial score (nSPS) is 12.5. The van der Waals surface area contributed by atoms with Gasteiger partial charge in [0.15, 0.2) is 0 Å². The molecule has 0 radical (unpaired) electrons. The van der Waals surface area contributed by atoms with Crippen LogP contribution in [0.4, 0.5) is 0 Å². The summed E-state index contributed by atoms with van der Waals surface area (Å²) in [4.78, 5) is 28.0. The second-order valence-electron chi connectivity index (χ2n) is 5.62. The van der Waals surface area contributed by atoms with Gasteiger partial charge in [0.1, 0.15) is 6.54 Å². The highest BCUT2D eigenvalue weighted by Gasteiger charge is 2.11. The molecule has 0 aliphatic carbocycles. The van der Waals surface area contributed by atoms with Crippen molar-refractivity contribution in [1.29, 1.82) is 0 Å². The monoisotopic (exact) mass is 303 g/mol. The van der Waals surface area contributed by atoms with E-state index in [4.69, 9.17) is 0 Å². The Bertz CT molecular complexity index is 709. The third kappa shape index (κ3) is 3.92. The summed E-state index contributed by atoms with van der Waals surface area (Å²) in [6, 6.07) is 7.19. The molecule has 1 heterocycles. The summed E-state index contributed by atoms with van der Waals surface area (Å²) >= 11 is 0. The lowest BCUT2D eigenvalue weighted by molar-refractivity contribution is -0.121. The van der Waals surface area contributed by atoms with Gasteiger partial charge in [0.05, 0.1) is 23.3 Å². The lowest BCUT2D eigenvalue weighted by Crippen LogP contribution is -2.34. The minimum absolute atomic E-state index is 0.0559. The van der Waals surface area contributed by atoms with Crippen molar-refractivity contribution in [2.75, 3.05) is 6.54 Å². The van der Waals surface area contributed by atoms with E-state index in [-0.39, 0.29) is 23.9 Å². The fraction of sp³-hybridized carbons (Fsp3) is 0.438. The summed E-state index contributed by atoms with van der Waals surface area (Å²) in [7, 11) is 0. The van der Waals surface area contributed by atoms with Gasteiger partial charge in [-0.2, -0.15) is 0 Å². The second-order valence-corrected chi connectivity index (χ2v) is 5.62. The Morgan fingerprint density at radius 3 is 2.82 bits per heavy atom. The summed E-state index contributed by atoms with van der Waals surface area (Å²) in [5.74, 6) is -0.0990. The Hall–Kier alpha value is -2.21. The number of benzene rings is 1. The van der Waals surface area contributed by atoms with Crippen molar-refractivity contribution in [3.63, 3.8) is 0 Å². The minimum atomic E-state index is -0.440. The van der Waals surface area contributed by atoms with Crippen molar-refractivity contribution < 1.29 is 9.90 Å². The maximum atomic E-state index is 12.0. The summed E-state index contributed by atoms with van der Waals surface area (Å²) < 4.78 is 1.40. The number of aliphatic hydroxyl groups is 1. The third-order valence-corrected chi connectivity index (χ3v) is 3.59. The van der Waals surface area contributed by atoms with Crippen LogP contribution in [0.2, 0.25) is 0 Å². The Labute approximate surface area is 128 Å². The number of hydrogen-bond acceptors (Lipinski definition) is 4. The molecule has 1 amide bonds. The van der Waals surface area contributed by atoms with E-state index in [9.17, 15) is 14.7 Å². The number of nitrogens with zero attached hydrogens (tertiary/aromatic N) is 2. The maximum absolute atomic E-state index is 12.0. The molecule has 0 saturated heterocycles. The van der Waals surface area contributed by atoms with Crippen LogP contribution in [0, 0.1) is 5.92 Å². The topological polar surface area (TPSA) is 84.2 Å². The predicted octanol–water partition coefficient (Wildman–Crippen LogP) is 0.920. The Morgan fingerprint density at radius 2 is 2.09 bits per heavy atom. The molecule has 0 saturated carbocycles. The van der Waals surface area contributed by atoms with E-state index in [0.717, 1.165) is 0 Å². The molecule has 22 heavy (non-hydrogen) atoms. The largest absolute Gasteiger partial charge is 0.393 e. The first kappa shape index (κ1) is 16.2. The standard InChI is InChI=1S/C16H21N3O3/c1-11(2)14(20)7-8-17-15(21)10-19-13-6-4-3-5-12(13)18-9-16(19)22/h3-6,9,11,14,20H,7-8,10H2,1-2H3,(H,17,21). The van der Waals surface area contributed by atoms with Crippen LogP contribution in [-0.2, 0) is 11.3 Å². The minimum Gasteiger partial charge on any atom is -0.393 e. The molecule has 1 aromatic carbocycles. The van der Waals surface area contributed by atoms with Gasteiger partial charge >= 0.3 is 0 Å². The molecule has 0 aliphatic heterocycles. The third-order valence-electron chi connectivity index (χ3n) is 3.59. The van der Waals surface area contributed by atoms with E-state index >= 15 is 0 Å². The van der Waals surface area contributed by atoms with Crippen LogP contribution in [0.25, 0.3) is 11.0 Å². The molecular weight excluding hydrogens is 282 g/mol. The van der Waals surface area contributed by atoms with Gasteiger partial charge in [0, 0.05) is 6.54 Å². The molecule has 0 bridgehead atoms. The number of rotatable bonds is 6. The van der Waals surface area contributed by atoms with Crippen LogP contribution >= 0.6 is 0 Å². The number of aromatic nitrogens is 2. The molecule has 2 rings (SSSR count). The first-order valence-corrected chi connectivity index (χ1v) is 7.38. The van der Waals surface area contributed by atoms with E-state index in [2.05, 4.69) is 10.3 Å². The quantitative estimate of drug-likeness (QED) is 0.831. The van der Waals surface area contributed by atoms with Gasteiger partial charge in [-0.15, -0.1) is 0 Å². The highest BCUT2D eigenvalue weighted by molar-refractivity contribution is 5.79. The van der Waals surface area contributed by atoms with E-state index in [0.29, 0.717) is 24.0 Å². The van der Waals surface area contributed by atoms with Crippen molar-refractivity contribution in [2.45, 2.75) is 32.9 Å². The Kier molecular flexibility index (Phi) is 5.27. The van der Waals surface area contributed by atoms with Gasteiger partial charge in [0.2, 0.25) is 5.91 Å². The number of nitrogens with one attached hydrogen (secondary N) is 1. The maximum Gasteiger partial charge on any atom is 0.269 e. The predicted molar refractivity (Wildman–Crippen MR) is 84.5 cm³/mol. The van der Waals surface area contributed by atoms with Crippen LogP contribution in [-0.4, -0.2) is 33.2 Å². The van der Waals surface area contributed by atoms with Crippen LogP contribution in [0.15, 0.2) is 35.3 Å². The number of hydrogen-bond donors (Lipinski definition) is 2. The van der Waals surface area contributed by atoms with Crippen molar-refractivity contribution >= 4 is 16.9 Å². The Morgan fingerprint density at radius 1 is 1.36 bits per heavy atom. The fourth-order valence-electron chi connectivity index (χ4n) is 2.17. The zero-order chi connectivity index (χ0) is 16.1. The molecule has 2 N–H and O–H groups in total. The number of carbonyl (C=O) groups excluding carboxylic acids is 1. The van der Waals surface area contributed by atoms with Gasteiger partial charge in [-0.25, -0.2) is 4.98 Å². The molecule has 1 unspecified atom stereocenters. The summed E-state index contributed by atoms with van der Waals surface area (Å²) in [5.41, 5.74) is 0.994. The van der Waals surface area contributed by atoms with Gasteiger partial charge < -0.3 is 10.4 Å². The molecule has 6 nitrogen and oxygen atoms in total. The molecule has 118 valence electrons. The van der Waals surface area contributed by atoms with Gasteiger partial charge in [-0.3, -0.25) is 14.2 Å². The summed E-state index contributed by atoms with van der Waals surface area (Å²) in [5, 5.41) is 12.4. The Balaban J connectivity index is 2.03. The molecule has 0 spiro atoms. The number of carbonyl (C=O) groups is 1. The van der Waals surface area contributed by atoms with Crippen LogP contribution in [0.3, 0.4) is 0 Å². The number of aliphatic hydroxyl groups excluding tert-OH is 1. The van der Waals surface area contributed by atoms with E-state index in [1.54, 1.807) is 18.2 Å². The zero-order valence-corrected chi connectivity index (χ0v) is 12.8. The molecule has 0 fully saturated rings. The van der Waals surface area contributed by atoms with Crippen molar-refractivity contribution in [2.24, 2.45) is 5.92 Å². The average molecular weight is 303 g/mol. The first-order chi connectivity index (χ1) is 10.5. The number of fused-ring (bicyclic) bond motifs is 1. The SMILES string of the molecule is CC(C)C(O)CCNC(=O)Cn1c(=O)cnc2ccccc21. The fourth-order valence-corrected chi connectivity index (χ4v) is 2.17. The molecule has 1 atom stereocenters. The van der Waals surface area contributed by atoms with Crippen molar-refractivity contribution in [1.82, 2.24) is 14.9 Å². The van der Waals surface area contributed by atoms with Crippen LogP contribution in [0.5, 0.6) is 0 Å². The molecule has 6 heteroatoms. The number of para-hydroxylation sites is 2. The zero-order valence-electron chi connectivity index (χ0n) is 12.8. The van der Waals surface area contributed by atoms with E-state index in [1.807, 2.05) is 19.9 Å². The van der Waals surface area contributed by atoms with Gasteiger partial charge in [0.25, 0.3) is 5.56 Å². The van der Waals surface area contributed by atoms with E-state index < -0.39 is 6.10 Å². The average Bonchev–Trinajstić information content (AvgIpc) is 2.50. The highest BCUT2D eigenvalue weighted by Crippen LogP contribution is 2.08. The number of amides is 1. The molecular formula is C16H21N3O3. The van der Waals surface area contributed by atoms with E-state index in [1.165, 1.54) is 10.8 Å². The lowest BCUT2D eigenvalue weighted by atomic mass is 10.0. The van der Waals surface area contributed by atoms with Gasteiger partial charge in [-0.05, 0) is 24.5 Å². The summed E-state index contributed by atoms with van der Waals surface area (Å²) in [6.07, 6.45) is 1.28. The second kappa shape index (κ2) is 7.17. The summed E-state index contributed by atoms with van der Waals surface area (Å²) in [6.45, 7) is 4.18. The highest BCUT2D eigenvalue weighted by atomic mass is 16.3.